The SMILES string of the molecule is CCN(CCN)CCC[Si](OC)(OC)OC. The molecule has 98 valence electrons. The summed E-state index contributed by atoms with van der Waals surface area (Å²) in [6.07, 6.45) is 1.01. The third kappa shape index (κ3) is 5.38. The molecule has 0 aliphatic rings. The van der Waals surface area contributed by atoms with E-state index in [1.165, 1.54) is 0 Å². The predicted molar refractivity (Wildman–Crippen MR) is 67.4 cm³/mol. The monoisotopic (exact) mass is 250 g/mol. The number of likely N-dealkylation sites (N-methyl/N-ethyl adjacent to an activating group) is 1. The molecule has 0 aliphatic carbocycles. The van der Waals surface area contributed by atoms with Crippen LogP contribution in [0.25, 0.3) is 0 Å². The second-order valence-corrected chi connectivity index (χ2v) is 6.71. The maximum Gasteiger partial charge on any atom is 0.500 e. The summed E-state index contributed by atoms with van der Waals surface area (Å²) in [7, 11) is 2.57. The molecule has 0 radical (unpaired) electrons. The summed E-state index contributed by atoms with van der Waals surface area (Å²) in [5.74, 6) is 0. The number of hydrogen-bond acceptors (Lipinski definition) is 5. The van der Waals surface area contributed by atoms with Gasteiger partial charge in [0.1, 0.15) is 0 Å². The molecule has 2 N–H and O–H groups in total. The Kier molecular flexibility index (Phi) is 9.10. The van der Waals surface area contributed by atoms with Crippen LogP contribution in [0.5, 0.6) is 0 Å². The molecule has 0 heterocycles. The van der Waals surface area contributed by atoms with E-state index in [1.54, 1.807) is 21.3 Å². The van der Waals surface area contributed by atoms with Crippen LogP contribution in [0.1, 0.15) is 13.3 Å². The summed E-state index contributed by atoms with van der Waals surface area (Å²) in [5, 5.41) is 0. The van der Waals surface area contributed by atoms with Gasteiger partial charge in [0.05, 0.1) is 0 Å². The molecule has 0 saturated heterocycles. The first-order valence-electron chi connectivity index (χ1n) is 5.75. The van der Waals surface area contributed by atoms with E-state index >= 15 is 0 Å². The van der Waals surface area contributed by atoms with E-state index < -0.39 is 8.80 Å². The zero-order chi connectivity index (χ0) is 12.4. The van der Waals surface area contributed by atoms with Crippen LogP contribution in [0.3, 0.4) is 0 Å². The van der Waals surface area contributed by atoms with Crippen molar-refractivity contribution in [2.75, 3.05) is 47.5 Å². The van der Waals surface area contributed by atoms with Gasteiger partial charge in [-0.15, -0.1) is 0 Å². The van der Waals surface area contributed by atoms with Gasteiger partial charge >= 0.3 is 8.80 Å². The van der Waals surface area contributed by atoms with Crippen molar-refractivity contribution in [2.24, 2.45) is 5.73 Å². The normalized spacial score (nSPS) is 12.4. The fraction of sp³-hybridized carbons (Fsp3) is 1.00. The first-order chi connectivity index (χ1) is 7.67. The molecule has 0 atom stereocenters. The molecule has 0 bridgehead atoms. The van der Waals surface area contributed by atoms with E-state index in [2.05, 4.69) is 11.8 Å². The summed E-state index contributed by atoms with van der Waals surface area (Å²) in [6.45, 7) is 5.83. The van der Waals surface area contributed by atoms with Gasteiger partial charge in [-0.2, -0.15) is 0 Å². The first-order valence-corrected chi connectivity index (χ1v) is 7.69. The lowest BCUT2D eigenvalue weighted by Gasteiger charge is -2.26. The standard InChI is InChI=1S/C10H26N2O3Si/c1-5-12(9-7-11)8-6-10-16(13-2,14-3)15-4/h5-11H2,1-4H3. The average Bonchev–Trinajstić information content (AvgIpc) is 2.34. The Bertz CT molecular complexity index is 160. The minimum absolute atomic E-state index is 0.704. The van der Waals surface area contributed by atoms with Crippen LogP contribution in [0.15, 0.2) is 0 Å². The van der Waals surface area contributed by atoms with E-state index in [4.69, 9.17) is 19.0 Å². The van der Waals surface area contributed by atoms with E-state index in [-0.39, 0.29) is 0 Å². The molecule has 0 unspecified atom stereocenters. The first kappa shape index (κ1) is 16.0. The van der Waals surface area contributed by atoms with Crippen molar-refractivity contribution in [1.29, 1.82) is 0 Å². The molecular formula is C10H26N2O3Si. The molecule has 0 amide bonds. The summed E-state index contributed by atoms with van der Waals surface area (Å²) in [4.78, 5) is 2.32. The van der Waals surface area contributed by atoms with E-state index in [9.17, 15) is 0 Å². The second-order valence-electron chi connectivity index (χ2n) is 3.62. The minimum Gasteiger partial charge on any atom is -0.377 e. The molecule has 0 aliphatic heterocycles. The summed E-state index contributed by atoms with van der Waals surface area (Å²) < 4.78 is 16.1. The Morgan fingerprint density at radius 1 is 1.06 bits per heavy atom. The van der Waals surface area contributed by atoms with Gasteiger partial charge in [0.2, 0.25) is 0 Å². The van der Waals surface area contributed by atoms with Crippen molar-refractivity contribution in [3.8, 4) is 0 Å². The van der Waals surface area contributed by atoms with Crippen LogP contribution >= 0.6 is 0 Å². The number of hydrogen-bond donors (Lipinski definition) is 1. The van der Waals surface area contributed by atoms with Crippen molar-refractivity contribution in [1.82, 2.24) is 4.90 Å². The van der Waals surface area contributed by atoms with Gasteiger partial charge in [-0.1, -0.05) is 6.92 Å². The number of rotatable bonds is 10. The fourth-order valence-electron chi connectivity index (χ4n) is 1.69. The van der Waals surface area contributed by atoms with Gasteiger partial charge in [-0.25, -0.2) is 0 Å². The van der Waals surface area contributed by atoms with Crippen LogP contribution in [-0.2, 0) is 13.3 Å². The van der Waals surface area contributed by atoms with Crippen molar-refractivity contribution in [3.63, 3.8) is 0 Å². The van der Waals surface area contributed by atoms with Gasteiger partial charge in [-0.3, -0.25) is 0 Å². The Morgan fingerprint density at radius 3 is 2.00 bits per heavy atom. The van der Waals surface area contributed by atoms with Crippen LogP contribution in [-0.4, -0.2) is 61.2 Å². The summed E-state index contributed by atoms with van der Waals surface area (Å²) >= 11 is 0. The zero-order valence-electron chi connectivity index (χ0n) is 11.0. The van der Waals surface area contributed by atoms with Gasteiger partial charge in [0.15, 0.2) is 0 Å². The van der Waals surface area contributed by atoms with Crippen molar-refractivity contribution in [3.05, 3.63) is 0 Å². The van der Waals surface area contributed by atoms with Gasteiger partial charge in [0, 0.05) is 40.5 Å². The molecule has 0 saturated carbocycles. The molecule has 0 aromatic carbocycles. The molecule has 16 heavy (non-hydrogen) atoms. The van der Waals surface area contributed by atoms with Crippen LogP contribution in [0.2, 0.25) is 6.04 Å². The van der Waals surface area contributed by atoms with Gasteiger partial charge in [-0.05, 0) is 19.5 Å². The van der Waals surface area contributed by atoms with Crippen molar-refractivity contribution < 1.29 is 13.3 Å². The lowest BCUT2D eigenvalue weighted by molar-refractivity contribution is 0.121. The Balaban J connectivity index is 3.92. The molecule has 5 nitrogen and oxygen atoms in total. The Hall–Kier alpha value is 0.0169. The molecule has 0 fully saturated rings. The third-order valence-corrected chi connectivity index (χ3v) is 5.61. The van der Waals surface area contributed by atoms with Crippen molar-refractivity contribution >= 4 is 8.80 Å². The molecule has 0 rings (SSSR count). The van der Waals surface area contributed by atoms with E-state index in [1.807, 2.05) is 0 Å². The predicted octanol–water partition coefficient (Wildman–Crippen LogP) is 0.535. The van der Waals surface area contributed by atoms with E-state index in [0.29, 0.717) is 6.54 Å². The minimum atomic E-state index is -2.38. The fourth-order valence-corrected chi connectivity index (χ4v) is 3.39. The lowest BCUT2D eigenvalue weighted by Crippen LogP contribution is -2.43. The highest BCUT2D eigenvalue weighted by Crippen LogP contribution is 2.15. The highest BCUT2D eigenvalue weighted by molar-refractivity contribution is 6.60. The summed E-state index contributed by atoms with van der Waals surface area (Å²) in [5.41, 5.74) is 5.53. The Labute approximate surface area is 100 Å². The smallest absolute Gasteiger partial charge is 0.377 e. The van der Waals surface area contributed by atoms with Crippen molar-refractivity contribution in [2.45, 2.75) is 19.4 Å². The zero-order valence-corrected chi connectivity index (χ0v) is 12.0. The van der Waals surface area contributed by atoms with Gasteiger partial charge in [0.25, 0.3) is 0 Å². The maximum absolute atomic E-state index is 5.53. The van der Waals surface area contributed by atoms with Crippen LogP contribution < -0.4 is 5.73 Å². The lowest BCUT2D eigenvalue weighted by atomic mass is 10.4. The highest BCUT2D eigenvalue weighted by Gasteiger charge is 2.36. The largest absolute Gasteiger partial charge is 0.500 e. The molecular weight excluding hydrogens is 224 g/mol. The molecule has 0 spiro atoms. The number of nitrogens with two attached hydrogens (primary N) is 1. The van der Waals surface area contributed by atoms with E-state index in [0.717, 1.165) is 32.1 Å². The van der Waals surface area contributed by atoms with Crippen LogP contribution in [0.4, 0.5) is 0 Å². The quantitative estimate of drug-likeness (QED) is 0.573. The third-order valence-electron chi connectivity index (χ3n) is 2.78. The Morgan fingerprint density at radius 2 is 1.62 bits per heavy atom. The summed E-state index contributed by atoms with van der Waals surface area (Å²) in [6, 6.07) is 0.845. The van der Waals surface area contributed by atoms with Gasteiger partial charge < -0.3 is 23.9 Å². The molecule has 0 aromatic heterocycles. The highest BCUT2D eigenvalue weighted by atomic mass is 28.4. The average molecular weight is 250 g/mol. The second kappa shape index (κ2) is 9.09. The number of nitrogens with zero attached hydrogens (tertiary/aromatic N) is 1. The maximum atomic E-state index is 5.53. The molecule has 6 heteroatoms. The molecule has 0 aromatic rings. The van der Waals surface area contributed by atoms with Crippen LogP contribution in [0, 0.1) is 0 Å². The topological polar surface area (TPSA) is 57.0 Å².